The van der Waals surface area contributed by atoms with Gasteiger partial charge in [0.2, 0.25) is 5.91 Å². The summed E-state index contributed by atoms with van der Waals surface area (Å²) in [5.41, 5.74) is 1.42. The minimum absolute atomic E-state index is 0.0854. The summed E-state index contributed by atoms with van der Waals surface area (Å²) in [5.74, 6) is -0.0732. The van der Waals surface area contributed by atoms with Crippen LogP contribution in [0.1, 0.15) is 48.7 Å². The summed E-state index contributed by atoms with van der Waals surface area (Å²) in [6.07, 6.45) is 4.73. The molecule has 1 saturated heterocycles. The topological polar surface area (TPSA) is 82.5 Å². The quantitative estimate of drug-likeness (QED) is 0.480. The highest BCUT2D eigenvalue weighted by atomic mass is 32.2. The molecule has 1 amide bonds. The van der Waals surface area contributed by atoms with E-state index in [1.54, 1.807) is 5.38 Å². The summed E-state index contributed by atoms with van der Waals surface area (Å²) in [5, 5.41) is 14.2. The molecule has 1 aromatic heterocycles. The molecule has 1 aromatic carbocycles. The summed E-state index contributed by atoms with van der Waals surface area (Å²) < 4.78 is 0.736. The fraction of sp³-hybridized carbons (Fsp3) is 0.500. The lowest BCUT2D eigenvalue weighted by Gasteiger charge is -2.27. The number of nitrogens with zero attached hydrogens (tertiary/aromatic N) is 2. The molecule has 162 valence electrons. The molecule has 1 aliphatic heterocycles. The molecule has 3 rings (SSSR count). The average Bonchev–Trinajstić information content (AvgIpc) is 3.35. The van der Waals surface area contributed by atoms with E-state index in [0.717, 1.165) is 42.3 Å². The number of hydrogen-bond donors (Lipinski definition) is 2. The highest BCUT2D eigenvalue weighted by Gasteiger charge is 2.30. The molecule has 2 N–H and O–H groups in total. The molecule has 2 aromatic rings. The van der Waals surface area contributed by atoms with E-state index in [1.807, 2.05) is 11.0 Å². The number of hydrogen-bond acceptors (Lipinski definition) is 6. The van der Waals surface area contributed by atoms with Crippen LogP contribution in [0.3, 0.4) is 0 Å². The Morgan fingerprint density at radius 2 is 2.20 bits per heavy atom. The van der Waals surface area contributed by atoms with Gasteiger partial charge >= 0.3 is 5.97 Å². The standard InChI is InChI=1S/C22H29N3O3S2/c1-2-6-17(13-16-7-4-3-5-8-16)23-14-18-9-10-20(26)25(18)11-12-29-22-24-19(15-30-22)21(27)28/h3-5,7-8,15,17-18,23H,2,6,9-14H2,1H3,(H,27,28)/t17?,18-/m1/s1. The Morgan fingerprint density at radius 3 is 2.90 bits per heavy atom. The lowest BCUT2D eigenvalue weighted by molar-refractivity contribution is -0.128. The minimum Gasteiger partial charge on any atom is -0.476 e. The van der Waals surface area contributed by atoms with Crippen molar-refractivity contribution in [2.75, 3.05) is 18.8 Å². The molecule has 2 atom stereocenters. The Balaban J connectivity index is 1.48. The number of amides is 1. The fourth-order valence-electron chi connectivity index (χ4n) is 3.79. The van der Waals surface area contributed by atoms with E-state index in [9.17, 15) is 9.59 Å². The van der Waals surface area contributed by atoms with Gasteiger partial charge < -0.3 is 15.3 Å². The predicted octanol–water partition coefficient (Wildman–Crippen LogP) is 3.93. The first-order valence-corrected chi connectivity index (χ1v) is 12.3. The van der Waals surface area contributed by atoms with Gasteiger partial charge in [-0.05, 0) is 24.8 Å². The first kappa shape index (κ1) is 22.8. The van der Waals surface area contributed by atoms with Gasteiger partial charge in [0.25, 0.3) is 0 Å². The van der Waals surface area contributed by atoms with Crippen molar-refractivity contribution in [3.05, 3.63) is 47.0 Å². The molecular weight excluding hydrogens is 418 g/mol. The van der Waals surface area contributed by atoms with Crippen LogP contribution in [0.4, 0.5) is 0 Å². The average molecular weight is 448 g/mol. The number of thioether (sulfide) groups is 1. The van der Waals surface area contributed by atoms with Gasteiger partial charge in [0, 0.05) is 42.7 Å². The van der Waals surface area contributed by atoms with E-state index < -0.39 is 5.97 Å². The van der Waals surface area contributed by atoms with Gasteiger partial charge in [-0.15, -0.1) is 11.3 Å². The molecule has 8 heteroatoms. The van der Waals surface area contributed by atoms with Crippen LogP contribution < -0.4 is 5.32 Å². The van der Waals surface area contributed by atoms with Gasteiger partial charge in [-0.3, -0.25) is 4.79 Å². The van der Waals surface area contributed by atoms with Crippen molar-refractivity contribution >= 4 is 35.0 Å². The third-order valence-electron chi connectivity index (χ3n) is 5.32. The van der Waals surface area contributed by atoms with Crippen LogP contribution in [0.15, 0.2) is 40.1 Å². The maximum atomic E-state index is 12.4. The molecule has 0 saturated carbocycles. The van der Waals surface area contributed by atoms with Crippen LogP contribution in [0.25, 0.3) is 0 Å². The molecule has 6 nitrogen and oxygen atoms in total. The normalized spacial score (nSPS) is 17.4. The first-order chi connectivity index (χ1) is 14.6. The number of thiazole rings is 1. The van der Waals surface area contributed by atoms with Crippen molar-refractivity contribution in [3.63, 3.8) is 0 Å². The summed E-state index contributed by atoms with van der Waals surface area (Å²) in [6, 6.07) is 11.2. The Labute approximate surface area is 186 Å². The van der Waals surface area contributed by atoms with Gasteiger partial charge in [0.15, 0.2) is 10.0 Å². The molecular formula is C22H29N3O3S2. The molecule has 1 aliphatic rings. The van der Waals surface area contributed by atoms with E-state index in [1.165, 1.54) is 28.7 Å². The second-order valence-corrected chi connectivity index (χ2v) is 9.72. The Morgan fingerprint density at radius 1 is 1.40 bits per heavy atom. The number of carbonyl (C=O) groups is 2. The molecule has 0 bridgehead atoms. The van der Waals surface area contributed by atoms with E-state index in [-0.39, 0.29) is 17.6 Å². The van der Waals surface area contributed by atoms with Crippen LogP contribution in [0.5, 0.6) is 0 Å². The molecule has 0 radical (unpaired) electrons. The van der Waals surface area contributed by atoms with Crippen LogP contribution in [0.2, 0.25) is 0 Å². The minimum atomic E-state index is -1.00. The third kappa shape index (κ3) is 6.55. The molecule has 0 aliphatic carbocycles. The number of rotatable bonds is 12. The van der Waals surface area contributed by atoms with Crippen molar-refractivity contribution in [2.45, 2.75) is 55.5 Å². The van der Waals surface area contributed by atoms with Gasteiger partial charge in [0.05, 0.1) is 0 Å². The zero-order chi connectivity index (χ0) is 21.3. The monoisotopic (exact) mass is 447 g/mol. The summed E-state index contributed by atoms with van der Waals surface area (Å²) in [7, 11) is 0. The van der Waals surface area contributed by atoms with Crippen molar-refractivity contribution in [2.24, 2.45) is 0 Å². The van der Waals surface area contributed by atoms with Crippen molar-refractivity contribution in [3.8, 4) is 0 Å². The van der Waals surface area contributed by atoms with Crippen LogP contribution >= 0.6 is 23.1 Å². The zero-order valence-corrected chi connectivity index (χ0v) is 18.9. The largest absolute Gasteiger partial charge is 0.476 e. The van der Waals surface area contributed by atoms with E-state index >= 15 is 0 Å². The van der Waals surface area contributed by atoms with E-state index in [2.05, 4.69) is 41.5 Å². The number of carboxylic acids is 1. The molecule has 1 fully saturated rings. The second-order valence-electron chi connectivity index (χ2n) is 7.52. The highest BCUT2D eigenvalue weighted by molar-refractivity contribution is 8.01. The van der Waals surface area contributed by atoms with Crippen LogP contribution in [0, 0.1) is 0 Å². The molecule has 1 unspecified atom stereocenters. The van der Waals surface area contributed by atoms with Gasteiger partial charge in [0.1, 0.15) is 0 Å². The summed E-state index contributed by atoms with van der Waals surface area (Å²) >= 11 is 2.85. The van der Waals surface area contributed by atoms with Gasteiger partial charge in [-0.25, -0.2) is 9.78 Å². The number of likely N-dealkylation sites (tertiary alicyclic amines) is 1. The van der Waals surface area contributed by atoms with E-state index in [4.69, 9.17) is 5.11 Å². The SMILES string of the molecule is CCCC(Cc1ccccc1)NC[C@H]1CCC(=O)N1CCSc1nc(C(=O)O)cs1. The molecule has 2 heterocycles. The van der Waals surface area contributed by atoms with Crippen molar-refractivity contribution < 1.29 is 14.7 Å². The van der Waals surface area contributed by atoms with Crippen molar-refractivity contribution in [1.29, 1.82) is 0 Å². The predicted molar refractivity (Wildman–Crippen MR) is 121 cm³/mol. The van der Waals surface area contributed by atoms with E-state index in [0.29, 0.717) is 19.0 Å². The Bertz CT molecular complexity index is 828. The van der Waals surface area contributed by atoms with Crippen LogP contribution in [-0.4, -0.2) is 57.8 Å². The van der Waals surface area contributed by atoms with Crippen LogP contribution in [-0.2, 0) is 11.2 Å². The number of aromatic nitrogens is 1. The summed E-state index contributed by atoms with van der Waals surface area (Å²) in [4.78, 5) is 29.4. The number of carbonyl (C=O) groups excluding carboxylic acids is 1. The maximum Gasteiger partial charge on any atom is 0.355 e. The number of aromatic carboxylic acids is 1. The fourth-order valence-corrected chi connectivity index (χ4v) is 5.60. The lowest BCUT2D eigenvalue weighted by atomic mass is 10.0. The van der Waals surface area contributed by atoms with Gasteiger partial charge in [-0.1, -0.05) is 55.4 Å². The smallest absolute Gasteiger partial charge is 0.355 e. The number of carboxylic acid groups (broad SMARTS) is 1. The second kappa shape index (κ2) is 11.5. The molecule has 0 spiro atoms. The zero-order valence-electron chi connectivity index (χ0n) is 17.3. The van der Waals surface area contributed by atoms with Crippen molar-refractivity contribution in [1.82, 2.24) is 15.2 Å². The Kier molecular flexibility index (Phi) is 8.72. The number of benzene rings is 1. The Hall–Kier alpha value is -1.90. The highest BCUT2D eigenvalue weighted by Crippen LogP contribution is 2.25. The first-order valence-electron chi connectivity index (χ1n) is 10.4. The number of nitrogens with one attached hydrogen (secondary N) is 1. The maximum absolute atomic E-state index is 12.4. The summed E-state index contributed by atoms with van der Waals surface area (Å²) in [6.45, 7) is 3.68. The van der Waals surface area contributed by atoms with Gasteiger partial charge in [-0.2, -0.15) is 0 Å². The molecule has 30 heavy (non-hydrogen) atoms. The lowest BCUT2D eigenvalue weighted by Crippen LogP contribution is -2.44. The third-order valence-corrected chi connectivity index (χ3v) is 7.32.